The van der Waals surface area contributed by atoms with E-state index in [1.807, 2.05) is 0 Å². The highest BCUT2D eigenvalue weighted by Crippen LogP contribution is 2.27. The van der Waals surface area contributed by atoms with E-state index in [0.29, 0.717) is 48.0 Å². The fraction of sp³-hybridized carbons (Fsp3) is 0.370. The van der Waals surface area contributed by atoms with Crippen LogP contribution in [0.1, 0.15) is 17.5 Å². The van der Waals surface area contributed by atoms with Gasteiger partial charge in [0, 0.05) is 55.0 Å². The number of ether oxygens (including phenoxy) is 1. The highest BCUT2D eigenvalue weighted by atomic mass is 35.5. The zero-order chi connectivity index (χ0) is 28.3. The van der Waals surface area contributed by atoms with Crippen LogP contribution in [0.4, 0.5) is 0 Å². The SMILES string of the molecule is CS(=O)(=O)c1ccc(CC(=O)[C@@H]2C[C@H](N3CCOCC3)CN2C(=O)/C=C/c2cc(Cl)ccc2-n2cnnn2)cc1. The number of halogens is 1. The topological polar surface area (TPSA) is 128 Å². The molecule has 2 aliphatic heterocycles. The van der Waals surface area contributed by atoms with Gasteiger partial charge in [0.2, 0.25) is 5.91 Å². The van der Waals surface area contributed by atoms with Crippen LogP contribution in [0.3, 0.4) is 0 Å². The highest BCUT2D eigenvalue weighted by Gasteiger charge is 2.41. The number of Topliss-reactive ketones (excluding diaryl/α,β-unsaturated/α-hetero) is 1. The highest BCUT2D eigenvalue weighted by molar-refractivity contribution is 7.90. The van der Waals surface area contributed by atoms with Crippen LogP contribution < -0.4 is 0 Å². The van der Waals surface area contributed by atoms with Gasteiger partial charge in [-0.05, 0) is 58.8 Å². The molecule has 2 fully saturated rings. The van der Waals surface area contributed by atoms with Crippen molar-refractivity contribution < 1.29 is 22.7 Å². The van der Waals surface area contributed by atoms with E-state index >= 15 is 0 Å². The number of benzene rings is 2. The lowest BCUT2D eigenvalue weighted by Gasteiger charge is -2.31. The standard InChI is InChI=1S/C27H29ClN6O5S/c1-40(37,38)23-6-2-19(3-7-23)14-26(35)25-16-22(32-10-12-39-13-11-32)17-33(25)27(36)9-4-20-15-21(28)5-8-24(20)34-18-29-30-31-34/h2-9,15,18,22,25H,10-14,16-17H2,1H3/b9-4+/t22-,25-/m0/s1. The number of rotatable bonds is 8. The van der Waals surface area contributed by atoms with Crippen molar-refractivity contribution in [2.24, 2.45) is 0 Å². The van der Waals surface area contributed by atoms with E-state index < -0.39 is 15.9 Å². The smallest absolute Gasteiger partial charge is 0.247 e. The summed E-state index contributed by atoms with van der Waals surface area (Å²) in [5.41, 5.74) is 1.99. The normalized spacial score (nSPS) is 20.3. The summed E-state index contributed by atoms with van der Waals surface area (Å²) in [5.74, 6) is -0.383. The Bertz CT molecular complexity index is 1500. The van der Waals surface area contributed by atoms with Crippen molar-refractivity contribution in [3.05, 3.63) is 71.0 Å². The van der Waals surface area contributed by atoms with Crippen molar-refractivity contribution in [3.63, 3.8) is 0 Å². The molecule has 3 aromatic rings. The van der Waals surface area contributed by atoms with Crippen LogP contribution in [0.5, 0.6) is 0 Å². The Labute approximate surface area is 237 Å². The zero-order valence-electron chi connectivity index (χ0n) is 21.9. The third kappa shape index (κ3) is 6.47. The molecule has 13 heteroatoms. The van der Waals surface area contributed by atoms with Gasteiger partial charge in [0.05, 0.1) is 29.8 Å². The molecule has 2 aromatic carbocycles. The first kappa shape index (κ1) is 28.1. The van der Waals surface area contributed by atoms with Gasteiger partial charge in [-0.2, -0.15) is 4.68 Å². The van der Waals surface area contributed by atoms with Crippen LogP contribution in [0.2, 0.25) is 5.02 Å². The van der Waals surface area contributed by atoms with Crippen LogP contribution in [0, 0.1) is 0 Å². The van der Waals surface area contributed by atoms with E-state index in [0.717, 1.165) is 19.3 Å². The Morgan fingerprint density at radius 3 is 2.55 bits per heavy atom. The fourth-order valence-electron chi connectivity index (χ4n) is 5.14. The summed E-state index contributed by atoms with van der Waals surface area (Å²) >= 11 is 6.22. The maximum Gasteiger partial charge on any atom is 0.247 e. The Morgan fingerprint density at radius 2 is 1.88 bits per heavy atom. The molecule has 0 spiro atoms. The summed E-state index contributed by atoms with van der Waals surface area (Å²) in [6, 6.07) is 10.9. The van der Waals surface area contributed by atoms with Crippen LogP contribution in [0.25, 0.3) is 11.8 Å². The molecular weight excluding hydrogens is 556 g/mol. The third-order valence-electron chi connectivity index (χ3n) is 7.22. The molecule has 0 aliphatic carbocycles. The van der Waals surface area contributed by atoms with Crippen molar-refractivity contribution in [1.82, 2.24) is 30.0 Å². The summed E-state index contributed by atoms with van der Waals surface area (Å²) in [4.78, 5) is 31.2. The van der Waals surface area contributed by atoms with E-state index in [1.165, 1.54) is 29.2 Å². The van der Waals surface area contributed by atoms with Gasteiger partial charge < -0.3 is 9.64 Å². The van der Waals surface area contributed by atoms with Gasteiger partial charge in [-0.15, -0.1) is 5.10 Å². The molecule has 11 nitrogen and oxygen atoms in total. The number of sulfone groups is 1. The number of ketones is 1. The van der Waals surface area contributed by atoms with Gasteiger partial charge in [0.1, 0.15) is 6.33 Å². The summed E-state index contributed by atoms with van der Waals surface area (Å²) in [7, 11) is -3.33. The maximum atomic E-state index is 13.5. The molecule has 0 N–H and O–H groups in total. The number of carbonyl (C=O) groups excluding carboxylic acids is 2. The minimum Gasteiger partial charge on any atom is -0.379 e. The first-order valence-electron chi connectivity index (χ1n) is 12.8. The Morgan fingerprint density at radius 1 is 1.12 bits per heavy atom. The van der Waals surface area contributed by atoms with Crippen LogP contribution in [-0.4, -0.2) is 101 Å². The first-order chi connectivity index (χ1) is 19.2. The third-order valence-corrected chi connectivity index (χ3v) is 8.58. The van der Waals surface area contributed by atoms with E-state index in [1.54, 1.807) is 41.3 Å². The molecule has 5 rings (SSSR count). The van der Waals surface area contributed by atoms with Crippen molar-refractivity contribution in [2.45, 2.75) is 29.8 Å². The Balaban J connectivity index is 1.37. The zero-order valence-corrected chi connectivity index (χ0v) is 23.5. The van der Waals surface area contributed by atoms with Crippen LogP contribution >= 0.6 is 11.6 Å². The molecule has 3 heterocycles. The Kier molecular flexibility index (Phi) is 8.40. The molecule has 0 unspecified atom stereocenters. The van der Waals surface area contributed by atoms with Crippen molar-refractivity contribution in [3.8, 4) is 5.69 Å². The summed E-state index contributed by atoms with van der Waals surface area (Å²) in [6.45, 7) is 3.14. The number of morpholine rings is 1. The lowest BCUT2D eigenvalue weighted by molar-refractivity contribution is -0.133. The monoisotopic (exact) mass is 584 g/mol. The number of aromatic nitrogens is 4. The van der Waals surface area contributed by atoms with Crippen molar-refractivity contribution >= 4 is 39.2 Å². The summed E-state index contributed by atoms with van der Waals surface area (Å²) in [5, 5.41) is 11.8. The number of hydrogen-bond acceptors (Lipinski definition) is 9. The average molecular weight is 585 g/mol. The lowest BCUT2D eigenvalue weighted by atomic mass is 10.0. The van der Waals surface area contributed by atoms with E-state index in [9.17, 15) is 18.0 Å². The number of likely N-dealkylation sites (tertiary alicyclic amines) is 1. The second-order valence-electron chi connectivity index (χ2n) is 9.89. The number of hydrogen-bond donors (Lipinski definition) is 0. The fourth-order valence-corrected chi connectivity index (χ4v) is 5.95. The predicted octanol–water partition coefficient (Wildman–Crippen LogP) is 1.85. The molecule has 40 heavy (non-hydrogen) atoms. The molecule has 210 valence electrons. The number of carbonyl (C=O) groups is 2. The largest absolute Gasteiger partial charge is 0.379 e. The van der Waals surface area contributed by atoms with E-state index in [4.69, 9.17) is 16.3 Å². The first-order valence-corrected chi connectivity index (χ1v) is 15.1. The lowest BCUT2D eigenvalue weighted by Crippen LogP contribution is -2.45. The van der Waals surface area contributed by atoms with Gasteiger partial charge in [-0.25, -0.2) is 8.42 Å². The summed E-state index contributed by atoms with van der Waals surface area (Å²) in [6.07, 6.45) is 6.31. The number of tetrazole rings is 1. The molecule has 0 bridgehead atoms. The second-order valence-corrected chi connectivity index (χ2v) is 12.3. The average Bonchev–Trinajstić information content (AvgIpc) is 3.63. The van der Waals surface area contributed by atoms with E-state index in [2.05, 4.69) is 20.4 Å². The molecule has 2 aliphatic rings. The van der Waals surface area contributed by atoms with Gasteiger partial charge in [0.15, 0.2) is 15.6 Å². The maximum absolute atomic E-state index is 13.5. The van der Waals surface area contributed by atoms with Crippen LogP contribution in [-0.2, 0) is 30.6 Å². The van der Waals surface area contributed by atoms with Gasteiger partial charge in [0.25, 0.3) is 0 Å². The molecule has 0 radical (unpaired) electrons. The molecule has 0 saturated carbocycles. The molecule has 2 saturated heterocycles. The van der Waals surface area contributed by atoms with Gasteiger partial charge >= 0.3 is 0 Å². The number of amides is 1. The van der Waals surface area contributed by atoms with Gasteiger partial charge in [-0.1, -0.05) is 23.7 Å². The Hall–Kier alpha value is -3.45. The molecule has 2 atom stereocenters. The quantitative estimate of drug-likeness (QED) is 0.364. The second kappa shape index (κ2) is 12.0. The minimum atomic E-state index is -3.33. The minimum absolute atomic E-state index is 0.0331. The molecular formula is C27H29ClN6O5S. The predicted molar refractivity (Wildman–Crippen MR) is 148 cm³/mol. The van der Waals surface area contributed by atoms with Crippen molar-refractivity contribution in [1.29, 1.82) is 0 Å². The number of nitrogens with zero attached hydrogens (tertiary/aromatic N) is 6. The summed E-state index contributed by atoms with van der Waals surface area (Å²) < 4.78 is 30.6. The molecule has 1 aromatic heterocycles. The van der Waals surface area contributed by atoms with Crippen molar-refractivity contribution in [2.75, 3.05) is 39.1 Å². The van der Waals surface area contributed by atoms with E-state index in [-0.39, 0.29) is 29.0 Å². The van der Waals surface area contributed by atoms with Gasteiger partial charge in [-0.3, -0.25) is 14.5 Å². The molecule has 1 amide bonds. The van der Waals surface area contributed by atoms with Crippen LogP contribution in [0.15, 0.2) is 59.8 Å².